The Morgan fingerprint density at radius 3 is 1.84 bits per heavy atom. The first kappa shape index (κ1) is 38.7. The third-order valence-electron chi connectivity index (χ3n) is 13.0. The van der Waals surface area contributed by atoms with E-state index in [2.05, 4.69) is 232 Å². The van der Waals surface area contributed by atoms with Gasteiger partial charge in [0.05, 0.1) is 12.1 Å². The van der Waals surface area contributed by atoms with Crippen molar-refractivity contribution in [2.75, 3.05) is 4.90 Å². The van der Waals surface area contributed by atoms with Crippen LogP contribution in [0.3, 0.4) is 0 Å². The van der Waals surface area contributed by atoms with Crippen molar-refractivity contribution in [3.8, 4) is 45.1 Å². The largest absolute Gasteiger partial charge is 0.457 e. The third-order valence-corrected chi connectivity index (χ3v) is 13.0. The van der Waals surface area contributed by atoms with Crippen molar-refractivity contribution in [3.05, 3.63) is 222 Å². The quantitative estimate of drug-likeness (QED) is 0.150. The summed E-state index contributed by atoms with van der Waals surface area (Å²) in [4.78, 5) is 7.25. The number of para-hydroxylation sites is 3. The van der Waals surface area contributed by atoms with Gasteiger partial charge in [0.1, 0.15) is 28.7 Å². The SMILES string of the molecule is CC(C)(C)c1cc(-c2cccc(-c3ccccc3)c2-[n+]2cn(-c3cccc(Oc4ccc5c(c4)C4c6ccccc6C5N4c4ccccn4)c3)c3ccccc32)cc(C(C)(C)C)c1. The summed E-state index contributed by atoms with van der Waals surface area (Å²) < 4.78 is 11.5. The molecule has 5 heteroatoms. The number of aromatic nitrogens is 3. The summed E-state index contributed by atoms with van der Waals surface area (Å²) >= 11 is 0. The maximum absolute atomic E-state index is 6.78. The fourth-order valence-corrected chi connectivity index (χ4v) is 9.83. The van der Waals surface area contributed by atoms with Gasteiger partial charge in [-0.3, -0.25) is 0 Å². The van der Waals surface area contributed by atoms with Crippen LogP contribution in [0.1, 0.15) is 87.0 Å². The molecule has 0 saturated carbocycles. The van der Waals surface area contributed by atoms with E-state index in [4.69, 9.17) is 9.72 Å². The van der Waals surface area contributed by atoms with Crippen LogP contribution in [0.25, 0.3) is 44.7 Å². The zero-order valence-corrected chi connectivity index (χ0v) is 36.7. The van der Waals surface area contributed by atoms with Gasteiger partial charge < -0.3 is 9.64 Å². The van der Waals surface area contributed by atoms with E-state index in [0.29, 0.717) is 0 Å². The van der Waals surface area contributed by atoms with Gasteiger partial charge in [-0.25, -0.2) is 4.98 Å². The second-order valence-electron chi connectivity index (χ2n) is 19.1. The van der Waals surface area contributed by atoms with Crippen LogP contribution in [0.2, 0.25) is 0 Å². The molecule has 2 aromatic heterocycles. The van der Waals surface area contributed by atoms with Gasteiger partial charge in [0.2, 0.25) is 0 Å². The van der Waals surface area contributed by atoms with E-state index >= 15 is 0 Å². The molecule has 5 nitrogen and oxygen atoms in total. The van der Waals surface area contributed by atoms with Crippen LogP contribution in [0.4, 0.5) is 5.82 Å². The number of rotatable bonds is 7. The molecule has 2 atom stereocenters. The molecule has 0 amide bonds. The molecule has 0 spiro atoms. The van der Waals surface area contributed by atoms with Crippen LogP contribution in [0.5, 0.6) is 11.5 Å². The Bertz CT molecular complexity index is 3160. The lowest BCUT2D eigenvalue weighted by Gasteiger charge is -2.26. The van der Waals surface area contributed by atoms with Crippen molar-refractivity contribution >= 4 is 16.9 Å². The summed E-state index contributed by atoms with van der Waals surface area (Å²) in [5.41, 5.74) is 17.0. The molecule has 0 N–H and O–H groups in total. The van der Waals surface area contributed by atoms with Gasteiger partial charge in [-0.2, -0.15) is 9.13 Å². The van der Waals surface area contributed by atoms with Crippen molar-refractivity contribution in [2.24, 2.45) is 0 Å². The molecule has 0 fully saturated rings. The van der Waals surface area contributed by atoms with E-state index in [1.165, 1.54) is 55.6 Å². The monoisotopic (exact) mass is 819 g/mol. The third kappa shape index (κ3) is 6.62. The lowest BCUT2D eigenvalue weighted by Crippen LogP contribution is -2.31. The summed E-state index contributed by atoms with van der Waals surface area (Å²) in [6.07, 6.45) is 4.14. The average molecular weight is 820 g/mol. The van der Waals surface area contributed by atoms with E-state index in [1.54, 1.807) is 0 Å². The van der Waals surface area contributed by atoms with Gasteiger partial charge in [-0.05, 0) is 104 Å². The van der Waals surface area contributed by atoms with E-state index in [-0.39, 0.29) is 22.9 Å². The predicted molar refractivity (Wildman–Crippen MR) is 256 cm³/mol. The molecule has 0 radical (unpaired) electrons. The zero-order valence-electron chi connectivity index (χ0n) is 36.7. The fraction of sp³-hybridized carbons (Fsp3) is 0.172. The molecule has 0 aliphatic carbocycles. The molecule has 2 unspecified atom stereocenters. The lowest BCUT2D eigenvalue weighted by molar-refractivity contribution is -0.566. The Balaban J connectivity index is 1.02. The lowest BCUT2D eigenvalue weighted by atomic mass is 9.78. The van der Waals surface area contributed by atoms with Gasteiger partial charge in [-0.15, -0.1) is 0 Å². The van der Waals surface area contributed by atoms with Crippen LogP contribution in [-0.2, 0) is 10.8 Å². The Labute approximate surface area is 370 Å². The van der Waals surface area contributed by atoms with Gasteiger partial charge in [0.25, 0.3) is 6.33 Å². The predicted octanol–water partition coefficient (Wildman–Crippen LogP) is 14.0. The highest BCUT2D eigenvalue weighted by Gasteiger charge is 2.48. The second-order valence-corrected chi connectivity index (χ2v) is 19.1. The Morgan fingerprint density at radius 2 is 1.13 bits per heavy atom. The molecule has 7 aromatic carbocycles. The first-order valence-corrected chi connectivity index (χ1v) is 22.1. The number of imidazole rings is 1. The first-order chi connectivity index (χ1) is 30.5. The standard InChI is InChI=1S/C58H51N4O/c1-57(2,3)40-32-39(33-41(34-40)58(4,5)6)46-25-17-24-45(38-18-8-7-9-19-38)54(46)61-37-60(51-26-12-13-27-52(51)61)42-20-16-21-43(35-42)63-44-29-30-49-50(36-44)56-48-23-11-10-22-47(48)55(49)62(56)53-28-14-15-31-59-53/h7-37,55-56H,1-6H3/q+1. The highest BCUT2D eigenvalue weighted by molar-refractivity contribution is 5.85. The number of ether oxygens (including phenoxy) is 1. The topological polar surface area (TPSA) is 34.2 Å². The van der Waals surface area contributed by atoms with Crippen LogP contribution >= 0.6 is 0 Å². The summed E-state index contributed by atoms with van der Waals surface area (Å²) in [5.74, 6) is 2.58. The van der Waals surface area contributed by atoms with Gasteiger partial charge in [0, 0.05) is 23.4 Å². The van der Waals surface area contributed by atoms with E-state index in [1.807, 2.05) is 12.3 Å². The van der Waals surface area contributed by atoms with Gasteiger partial charge in [-0.1, -0.05) is 163 Å². The number of pyridine rings is 1. The van der Waals surface area contributed by atoms with Crippen LogP contribution in [0.15, 0.2) is 188 Å². The smallest absolute Gasteiger partial charge is 0.255 e. The molecular formula is C58H51N4O+. The molecule has 4 heterocycles. The molecule has 2 aliphatic rings. The minimum atomic E-state index is -0.0195. The Morgan fingerprint density at radius 1 is 0.508 bits per heavy atom. The number of fused-ring (bicyclic) bond motifs is 9. The van der Waals surface area contributed by atoms with Gasteiger partial charge >= 0.3 is 0 Å². The Hall–Kier alpha value is -7.24. The fourth-order valence-electron chi connectivity index (χ4n) is 9.83. The number of hydrogen-bond donors (Lipinski definition) is 0. The maximum atomic E-state index is 6.78. The molecule has 2 bridgehead atoms. The Kier molecular flexibility index (Phi) is 9.02. The number of benzene rings is 7. The zero-order chi connectivity index (χ0) is 43.0. The van der Waals surface area contributed by atoms with Crippen LogP contribution in [-0.4, -0.2) is 9.55 Å². The summed E-state index contributed by atoms with van der Waals surface area (Å²) in [6, 6.07) is 63.7. The van der Waals surface area contributed by atoms with Crippen molar-refractivity contribution < 1.29 is 9.30 Å². The number of nitrogens with zero attached hydrogens (tertiary/aromatic N) is 4. The second kappa shape index (κ2) is 14.7. The molecule has 2 aliphatic heterocycles. The summed E-state index contributed by atoms with van der Waals surface area (Å²) in [7, 11) is 0. The molecular weight excluding hydrogens is 769 g/mol. The van der Waals surface area contributed by atoms with Crippen LogP contribution in [0, 0.1) is 0 Å². The van der Waals surface area contributed by atoms with Gasteiger partial charge in [0.15, 0.2) is 11.0 Å². The highest BCUT2D eigenvalue weighted by Crippen LogP contribution is 2.58. The normalized spacial score (nSPS) is 15.4. The van der Waals surface area contributed by atoms with Crippen molar-refractivity contribution in [1.82, 2.24) is 9.55 Å². The average Bonchev–Trinajstić information content (AvgIpc) is 3.96. The van der Waals surface area contributed by atoms with Crippen molar-refractivity contribution in [1.29, 1.82) is 0 Å². The molecule has 63 heavy (non-hydrogen) atoms. The number of hydrogen-bond acceptors (Lipinski definition) is 3. The molecule has 0 saturated heterocycles. The maximum Gasteiger partial charge on any atom is 0.255 e. The van der Waals surface area contributed by atoms with Crippen molar-refractivity contribution in [2.45, 2.75) is 64.5 Å². The first-order valence-electron chi connectivity index (χ1n) is 22.1. The van der Waals surface area contributed by atoms with Crippen LogP contribution < -0.4 is 14.2 Å². The molecule has 9 aromatic rings. The highest BCUT2D eigenvalue weighted by atomic mass is 16.5. The number of anilines is 1. The van der Waals surface area contributed by atoms with E-state index < -0.39 is 0 Å². The minimum absolute atomic E-state index is 0.0195. The van der Waals surface area contributed by atoms with Crippen molar-refractivity contribution in [3.63, 3.8) is 0 Å². The summed E-state index contributed by atoms with van der Waals surface area (Å²) in [5, 5.41) is 0. The minimum Gasteiger partial charge on any atom is -0.457 e. The molecule has 11 rings (SSSR count). The molecule has 308 valence electrons. The van der Waals surface area contributed by atoms with E-state index in [0.717, 1.165) is 39.7 Å². The summed E-state index contributed by atoms with van der Waals surface area (Å²) in [6.45, 7) is 13.9. The van der Waals surface area contributed by atoms with E-state index in [9.17, 15) is 0 Å².